The molecular weight excluding hydrogens is 304 g/mol. The first-order valence-electron chi connectivity index (χ1n) is 8.25. The summed E-state index contributed by atoms with van der Waals surface area (Å²) in [7, 11) is 1.55. The summed E-state index contributed by atoms with van der Waals surface area (Å²) in [6.07, 6.45) is 2.34. The molecular formula is C18H22N4O2. The van der Waals surface area contributed by atoms with Gasteiger partial charge in [0.25, 0.3) is 11.8 Å². The van der Waals surface area contributed by atoms with Gasteiger partial charge in [-0.05, 0) is 31.2 Å². The number of nitrogens with zero attached hydrogens (tertiary/aromatic N) is 2. The van der Waals surface area contributed by atoms with Crippen molar-refractivity contribution in [3.8, 4) is 0 Å². The number of carbonyl (C=O) groups is 2. The minimum Gasteiger partial charge on any atom is -0.354 e. The van der Waals surface area contributed by atoms with E-state index in [4.69, 9.17) is 0 Å². The zero-order valence-electron chi connectivity index (χ0n) is 14.0. The highest BCUT2D eigenvalue weighted by Crippen LogP contribution is 2.27. The summed E-state index contributed by atoms with van der Waals surface area (Å²) in [4.78, 5) is 24.5. The average Bonchev–Trinajstić information content (AvgIpc) is 3.35. The third-order valence-corrected chi connectivity index (χ3v) is 4.33. The van der Waals surface area contributed by atoms with Crippen LogP contribution >= 0.6 is 0 Å². The van der Waals surface area contributed by atoms with Crippen LogP contribution in [-0.2, 0) is 0 Å². The van der Waals surface area contributed by atoms with Crippen LogP contribution in [0.5, 0.6) is 0 Å². The topological polar surface area (TPSA) is 76.0 Å². The third kappa shape index (κ3) is 3.48. The summed E-state index contributed by atoms with van der Waals surface area (Å²) in [6.45, 7) is 2.65. The van der Waals surface area contributed by atoms with Gasteiger partial charge in [0.15, 0.2) is 5.69 Å². The molecule has 0 unspecified atom stereocenters. The molecule has 1 saturated carbocycles. The van der Waals surface area contributed by atoms with Crippen LogP contribution in [0.25, 0.3) is 0 Å². The van der Waals surface area contributed by atoms with E-state index in [0.29, 0.717) is 18.2 Å². The fourth-order valence-corrected chi connectivity index (χ4v) is 2.62. The molecule has 0 bridgehead atoms. The first-order valence-corrected chi connectivity index (χ1v) is 8.25. The summed E-state index contributed by atoms with van der Waals surface area (Å²) in [5, 5.41) is 9.86. The van der Waals surface area contributed by atoms with E-state index in [-0.39, 0.29) is 23.6 Å². The number of benzene rings is 1. The van der Waals surface area contributed by atoms with E-state index in [9.17, 15) is 9.59 Å². The Morgan fingerprint density at radius 2 is 1.96 bits per heavy atom. The zero-order valence-corrected chi connectivity index (χ0v) is 14.0. The average molecular weight is 326 g/mol. The molecule has 0 spiro atoms. The van der Waals surface area contributed by atoms with Crippen molar-refractivity contribution in [3.63, 3.8) is 0 Å². The molecule has 6 heteroatoms. The maximum Gasteiger partial charge on any atom is 0.271 e. The molecule has 1 aromatic carbocycles. The number of aromatic nitrogens is 2. The van der Waals surface area contributed by atoms with Crippen molar-refractivity contribution < 1.29 is 9.59 Å². The van der Waals surface area contributed by atoms with Crippen LogP contribution in [0.15, 0.2) is 36.4 Å². The van der Waals surface area contributed by atoms with Gasteiger partial charge in [0, 0.05) is 19.7 Å². The Balaban J connectivity index is 1.91. The van der Waals surface area contributed by atoms with E-state index in [0.717, 1.165) is 5.56 Å². The lowest BCUT2D eigenvalue weighted by Gasteiger charge is -2.16. The molecule has 1 aliphatic carbocycles. The second-order valence-corrected chi connectivity index (χ2v) is 6.18. The molecule has 1 aliphatic rings. The van der Waals surface area contributed by atoms with Gasteiger partial charge in [-0.25, -0.2) is 0 Å². The normalized spacial score (nSPS) is 14.9. The van der Waals surface area contributed by atoms with E-state index in [1.54, 1.807) is 17.8 Å². The maximum atomic E-state index is 12.6. The molecule has 3 rings (SSSR count). The van der Waals surface area contributed by atoms with Gasteiger partial charge in [-0.3, -0.25) is 14.3 Å². The zero-order chi connectivity index (χ0) is 17.1. The molecule has 1 fully saturated rings. The standard InChI is InChI=1S/C18H22N4O2/c1-12(14-6-4-3-5-7-14)22-16(10-15(21-22)17(23)19-2)18(24)20-11-13-8-9-13/h3-7,10,12-13H,8-9,11H2,1-2H3,(H,19,23)(H,20,24)/t12-/m0/s1. The number of hydrogen-bond donors (Lipinski definition) is 2. The Hall–Kier alpha value is -2.63. The van der Waals surface area contributed by atoms with Gasteiger partial charge in [0.2, 0.25) is 0 Å². The summed E-state index contributed by atoms with van der Waals surface area (Å²) in [6, 6.07) is 11.2. The summed E-state index contributed by atoms with van der Waals surface area (Å²) in [5.74, 6) is 0.105. The monoisotopic (exact) mass is 326 g/mol. The highest BCUT2D eigenvalue weighted by Gasteiger charge is 2.25. The van der Waals surface area contributed by atoms with Crippen LogP contribution in [0, 0.1) is 5.92 Å². The molecule has 2 amide bonds. The van der Waals surface area contributed by atoms with E-state index in [1.165, 1.54) is 12.8 Å². The summed E-state index contributed by atoms with van der Waals surface area (Å²) < 4.78 is 1.63. The second-order valence-electron chi connectivity index (χ2n) is 6.18. The minimum absolute atomic E-state index is 0.147. The van der Waals surface area contributed by atoms with Gasteiger partial charge in [0.1, 0.15) is 5.69 Å². The molecule has 2 N–H and O–H groups in total. The Morgan fingerprint density at radius 3 is 2.58 bits per heavy atom. The number of hydrogen-bond acceptors (Lipinski definition) is 3. The van der Waals surface area contributed by atoms with Gasteiger partial charge in [-0.2, -0.15) is 5.10 Å². The predicted molar refractivity (Wildman–Crippen MR) is 90.9 cm³/mol. The lowest BCUT2D eigenvalue weighted by Crippen LogP contribution is -2.29. The van der Waals surface area contributed by atoms with Crippen LogP contribution in [0.2, 0.25) is 0 Å². The van der Waals surface area contributed by atoms with Crippen molar-refractivity contribution in [2.75, 3.05) is 13.6 Å². The van der Waals surface area contributed by atoms with Crippen molar-refractivity contribution in [1.82, 2.24) is 20.4 Å². The fourth-order valence-electron chi connectivity index (χ4n) is 2.62. The Kier molecular flexibility index (Phi) is 4.64. The molecule has 0 radical (unpaired) electrons. The molecule has 1 aromatic heterocycles. The van der Waals surface area contributed by atoms with Crippen molar-refractivity contribution in [1.29, 1.82) is 0 Å². The molecule has 2 aromatic rings. The molecule has 24 heavy (non-hydrogen) atoms. The first-order chi connectivity index (χ1) is 11.6. The van der Waals surface area contributed by atoms with Crippen LogP contribution in [0.4, 0.5) is 0 Å². The lowest BCUT2D eigenvalue weighted by molar-refractivity contribution is 0.0936. The lowest BCUT2D eigenvalue weighted by atomic mass is 10.1. The molecule has 6 nitrogen and oxygen atoms in total. The van der Waals surface area contributed by atoms with Crippen LogP contribution in [0.3, 0.4) is 0 Å². The van der Waals surface area contributed by atoms with Crippen LogP contribution in [-0.4, -0.2) is 35.2 Å². The van der Waals surface area contributed by atoms with Crippen molar-refractivity contribution in [2.24, 2.45) is 5.92 Å². The number of carbonyl (C=O) groups excluding carboxylic acids is 2. The highest BCUT2D eigenvalue weighted by molar-refractivity contribution is 5.97. The summed E-state index contributed by atoms with van der Waals surface area (Å²) >= 11 is 0. The van der Waals surface area contributed by atoms with Gasteiger partial charge in [-0.1, -0.05) is 30.3 Å². The SMILES string of the molecule is CNC(=O)c1cc(C(=O)NCC2CC2)n([C@@H](C)c2ccccc2)n1. The van der Waals surface area contributed by atoms with E-state index < -0.39 is 0 Å². The molecule has 1 heterocycles. The van der Waals surface area contributed by atoms with Crippen LogP contribution < -0.4 is 10.6 Å². The van der Waals surface area contributed by atoms with Crippen molar-refractivity contribution >= 4 is 11.8 Å². The number of nitrogens with one attached hydrogen (secondary N) is 2. The molecule has 1 atom stereocenters. The molecule has 126 valence electrons. The fraction of sp³-hybridized carbons (Fsp3) is 0.389. The maximum absolute atomic E-state index is 12.6. The minimum atomic E-state index is -0.301. The van der Waals surface area contributed by atoms with Gasteiger partial charge in [-0.15, -0.1) is 0 Å². The Bertz CT molecular complexity index is 735. The number of rotatable bonds is 6. The largest absolute Gasteiger partial charge is 0.354 e. The smallest absolute Gasteiger partial charge is 0.271 e. The summed E-state index contributed by atoms with van der Waals surface area (Å²) in [5.41, 5.74) is 1.68. The van der Waals surface area contributed by atoms with Crippen LogP contribution in [0.1, 0.15) is 52.3 Å². The van der Waals surface area contributed by atoms with E-state index in [1.807, 2.05) is 37.3 Å². The Labute approximate surface area is 141 Å². The molecule has 0 aliphatic heterocycles. The van der Waals surface area contributed by atoms with Gasteiger partial charge in [0.05, 0.1) is 6.04 Å². The van der Waals surface area contributed by atoms with E-state index >= 15 is 0 Å². The second kappa shape index (κ2) is 6.86. The third-order valence-electron chi connectivity index (χ3n) is 4.33. The number of amides is 2. The van der Waals surface area contributed by atoms with Crippen molar-refractivity contribution in [2.45, 2.75) is 25.8 Å². The highest BCUT2D eigenvalue weighted by atomic mass is 16.2. The van der Waals surface area contributed by atoms with Gasteiger partial charge < -0.3 is 10.6 Å². The van der Waals surface area contributed by atoms with Gasteiger partial charge >= 0.3 is 0 Å². The van der Waals surface area contributed by atoms with Crippen molar-refractivity contribution in [3.05, 3.63) is 53.3 Å². The first kappa shape index (κ1) is 16.2. The van der Waals surface area contributed by atoms with E-state index in [2.05, 4.69) is 15.7 Å². The Morgan fingerprint density at radius 1 is 1.25 bits per heavy atom. The quantitative estimate of drug-likeness (QED) is 0.852. The molecule has 0 saturated heterocycles. The predicted octanol–water partition coefficient (Wildman–Crippen LogP) is 1.99.